The van der Waals surface area contributed by atoms with Gasteiger partial charge in [0.15, 0.2) is 5.65 Å². The van der Waals surface area contributed by atoms with E-state index in [4.69, 9.17) is 9.31 Å². The van der Waals surface area contributed by atoms with E-state index in [0.29, 0.717) is 16.5 Å². The summed E-state index contributed by atoms with van der Waals surface area (Å²) >= 11 is 0. The van der Waals surface area contributed by atoms with Crippen molar-refractivity contribution in [3.8, 4) is 0 Å². The smallest absolute Gasteiger partial charge is 0.400 e. The molecule has 1 atom stereocenters. The fourth-order valence-corrected chi connectivity index (χ4v) is 5.35. The molecule has 0 saturated carbocycles. The zero-order valence-electron chi connectivity index (χ0n) is 17.1. The highest BCUT2D eigenvalue weighted by Crippen LogP contribution is 2.43. The molecule has 4 rings (SSSR count). The molecule has 0 N–H and O–H groups in total. The predicted molar refractivity (Wildman–Crippen MR) is 110 cm³/mol. The monoisotopic (exact) mass is 418 g/mol. The Morgan fingerprint density at radius 3 is 2.45 bits per heavy atom. The Labute approximate surface area is 170 Å². The SMILES string of the molecule is CC1(C)OB(C2=CC(F)=CC(C)(S(=O)(=O)n3ccc4cccnc43)C2)OC1(C)C. The van der Waals surface area contributed by atoms with Crippen LogP contribution in [0.1, 0.15) is 41.0 Å². The van der Waals surface area contributed by atoms with Crippen LogP contribution in [0, 0.1) is 0 Å². The largest absolute Gasteiger partial charge is 0.490 e. The Morgan fingerprint density at radius 1 is 1.14 bits per heavy atom. The summed E-state index contributed by atoms with van der Waals surface area (Å²) in [7, 11) is -4.82. The maximum Gasteiger partial charge on any atom is 0.490 e. The van der Waals surface area contributed by atoms with Gasteiger partial charge < -0.3 is 9.31 Å². The van der Waals surface area contributed by atoms with Crippen molar-refractivity contribution in [3.63, 3.8) is 0 Å². The van der Waals surface area contributed by atoms with Gasteiger partial charge in [0.1, 0.15) is 10.6 Å². The van der Waals surface area contributed by atoms with Crippen LogP contribution < -0.4 is 0 Å². The molecule has 2 aliphatic rings. The molecule has 3 heterocycles. The Bertz CT molecular complexity index is 1140. The molecule has 2 aromatic rings. The summed E-state index contributed by atoms with van der Waals surface area (Å²) in [5.74, 6) is -0.628. The van der Waals surface area contributed by atoms with Crippen molar-refractivity contribution >= 4 is 28.2 Å². The van der Waals surface area contributed by atoms with Crippen LogP contribution in [0.3, 0.4) is 0 Å². The van der Waals surface area contributed by atoms with Crippen molar-refractivity contribution in [2.24, 2.45) is 0 Å². The molecule has 29 heavy (non-hydrogen) atoms. The maximum atomic E-state index is 14.6. The Balaban J connectivity index is 1.73. The molecule has 1 unspecified atom stereocenters. The maximum absolute atomic E-state index is 14.6. The number of hydrogen-bond donors (Lipinski definition) is 0. The summed E-state index contributed by atoms with van der Waals surface area (Å²) < 4.78 is 53.4. The van der Waals surface area contributed by atoms with Gasteiger partial charge >= 0.3 is 7.12 Å². The van der Waals surface area contributed by atoms with Gasteiger partial charge in [-0.2, -0.15) is 0 Å². The molecule has 1 saturated heterocycles. The standard InChI is InChI=1S/C20H24BFN2O4S/c1-18(2)19(3,4)28-21(27-18)15-11-16(22)13-20(5,12-15)29(25,26)24-10-8-14-7-6-9-23-17(14)24/h6-11,13H,12H2,1-5H3. The first-order valence-corrected chi connectivity index (χ1v) is 10.9. The third kappa shape index (κ3) is 3.07. The summed E-state index contributed by atoms with van der Waals surface area (Å²) in [6, 6.07) is 5.20. The van der Waals surface area contributed by atoms with E-state index in [2.05, 4.69) is 4.98 Å². The first-order chi connectivity index (χ1) is 13.4. The van der Waals surface area contributed by atoms with Gasteiger partial charge in [-0.05, 0) is 76.9 Å². The van der Waals surface area contributed by atoms with Crippen molar-refractivity contribution in [2.45, 2.75) is 57.0 Å². The van der Waals surface area contributed by atoms with Crippen LogP contribution >= 0.6 is 0 Å². The highest BCUT2D eigenvalue weighted by molar-refractivity contribution is 7.91. The average molecular weight is 418 g/mol. The first-order valence-electron chi connectivity index (χ1n) is 9.48. The third-order valence-corrected chi connectivity index (χ3v) is 8.39. The molecular weight excluding hydrogens is 394 g/mol. The number of nitrogens with zero attached hydrogens (tertiary/aromatic N) is 2. The third-order valence-electron chi connectivity index (χ3n) is 6.14. The minimum absolute atomic E-state index is 0.0477. The zero-order chi connectivity index (χ0) is 21.2. The van der Waals surface area contributed by atoms with E-state index < -0.39 is 38.9 Å². The van der Waals surface area contributed by atoms with E-state index in [0.717, 1.165) is 10.0 Å². The molecule has 1 fully saturated rings. The second-order valence-electron chi connectivity index (χ2n) is 8.86. The van der Waals surface area contributed by atoms with E-state index in [9.17, 15) is 12.8 Å². The van der Waals surface area contributed by atoms with Crippen molar-refractivity contribution in [3.05, 3.63) is 54.0 Å². The van der Waals surface area contributed by atoms with Crippen LogP contribution in [0.2, 0.25) is 0 Å². The fourth-order valence-electron chi connectivity index (χ4n) is 3.69. The van der Waals surface area contributed by atoms with Crippen molar-refractivity contribution in [2.75, 3.05) is 0 Å². The first kappa shape index (κ1) is 20.3. The van der Waals surface area contributed by atoms with Gasteiger partial charge in [0.2, 0.25) is 10.0 Å². The van der Waals surface area contributed by atoms with E-state index in [1.54, 1.807) is 18.2 Å². The van der Waals surface area contributed by atoms with E-state index >= 15 is 0 Å². The summed E-state index contributed by atoms with van der Waals surface area (Å²) in [4.78, 5) is 4.19. The van der Waals surface area contributed by atoms with Crippen molar-refractivity contribution in [1.82, 2.24) is 8.96 Å². The molecular formula is C20H24BFN2O4S. The topological polar surface area (TPSA) is 70.4 Å². The average Bonchev–Trinajstić information content (AvgIpc) is 3.13. The fraction of sp³-hybridized carbons (Fsp3) is 0.450. The van der Waals surface area contributed by atoms with Gasteiger partial charge in [-0.15, -0.1) is 0 Å². The number of rotatable bonds is 3. The lowest BCUT2D eigenvalue weighted by molar-refractivity contribution is 0.00578. The van der Waals surface area contributed by atoms with Crippen molar-refractivity contribution in [1.29, 1.82) is 0 Å². The summed E-state index contributed by atoms with van der Waals surface area (Å²) in [5, 5.41) is 0.696. The molecule has 0 radical (unpaired) electrons. The van der Waals surface area contributed by atoms with Crippen LogP contribution in [0.4, 0.5) is 4.39 Å². The van der Waals surface area contributed by atoms with Crippen LogP contribution in [-0.2, 0) is 19.3 Å². The van der Waals surface area contributed by atoms with Gasteiger partial charge in [-0.1, -0.05) is 0 Å². The minimum Gasteiger partial charge on any atom is -0.400 e. The normalized spacial score (nSPS) is 26.5. The quantitative estimate of drug-likeness (QED) is 0.710. The van der Waals surface area contributed by atoms with Crippen LogP contribution in [0.5, 0.6) is 0 Å². The summed E-state index contributed by atoms with van der Waals surface area (Å²) in [6.45, 7) is 9.10. The Kier molecular flexibility index (Phi) is 4.39. The second kappa shape index (κ2) is 6.26. The number of allylic oxidation sites excluding steroid dienone is 3. The number of aromatic nitrogens is 2. The number of pyridine rings is 1. The van der Waals surface area contributed by atoms with Crippen LogP contribution in [-0.4, -0.2) is 40.4 Å². The summed E-state index contributed by atoms with van der Waals surface area (Å²) in [5.41, 5.74) is -0.439. The van der Waals surface area contributed by atoms with E-state index in [1.807, 2.05) is 27.7 Å². The lowest BCUT2D eigenvalue weighted by Gasteiger charge is -2.32. The highest BCUT2D eigenvalue weighted by atomic mass is 32.2. The Morgan fingerprint density at radius 2 is 1.79 bits per heavy atom. The molecule has 154 valence electrons. The number of halogens is 1. The molecule has 9 heteroatoms. The molecule has 2 aromatic heterocycles. The highest BCUT2D eigenvalue weighted by Gasteiger charge is 2.54. The predicted octanol–water partition coefficient (Wildman–Crippen LogP) is 3.79. The van der Waals surface area contributed by atoms with Gasteiger partial charge in [0.05, 0.1) is 11.2 Å². The molecule has 6 nitrogen and oxygen atoms in total. The second-order valence-corrected chi connectivity index (χ2v) is 11.1. The van der Waals surface area contributed by atoms with Gasteiger partial charge in [-0.3, -0.25) is 0 Å². The molecule has 0 spiro atoms. The van der Waals surface area contributed by atoms with E-state index in [-0.39, 0.29) is 6.42 Å². The molecule has 1 aliphatic heterocycles. The van der Waals surface area contributed by atoms with Crippen LogP contribution in [0.15, 0.2) is 54.0 Å². The summed E-state index contributed by atoms with van der Waals surface area (Å²) in [6.07, 6.45) is 5.49. The van der Waals surface area contributed by atoms with Gasteiger partial charge in [-0.25, -0.2) is 21.8 Å². The lowest BCUT2D eigenvalue weighted by atomic mass is 9.71. The van der Waals surface area contributed by atoms with Gasteiger partial charge in [0, 0.05) is 17.8 Å². The van der Waals surface area contributed by atoms with Gasteiger partial charge in [0.25, 0.3) is 0 Å². The van der Waals surface area contributed by atoms with E-state index in [1.165, 1.54) is 25.4 Å². The Hall–Kier alpha value is -1.97. The molecule has 1 aliphatic carbocycles. The molecule has 0 bridgehead atoms. The van der Waals surface area contributed by atoms with Crippen molar-refractivity contribution < 1.29 is 22.1 Å². The number of fused-ring (bicyclic) bond motifs is 1. The zero-order valence-corrected chi connectivity index (χ0v) is 18.0. The minimum atomic E-state index is -4.01. The molecule has 0 aromatic carbocycles. The number of hydrogen-bond acceptors (Lipinski definition) is 5. The molecule has 0 amide bonds. The van der Waals surface area contributed by atoms with Crippen LogP contribution in [0.25, 0.3) is 11.0 Å². The lowest BCUT2D eigenvalue weighted by Crippen LogP contribution is -2.41.